The van der Waals surface area contributed by atoms with Gasteiger partial charge in [0.15, 0.2) is 0 Å². The lowest BCUT2D eigenvalue weighted by Crippen LogP contribution is -2.20. The van der Waals surface area contributed by atoms with Gasteiger partial charge in [0.25, 0.3) is 0 Å². The van der Waals surface area contributed by atoms with Gasteiger partial charge in [-0.2, -0.15) is 0 Å². The Hall–Kier alpha value is -1.60. The zero-order chi connectivity index (χ0) is 14.5. The molecule has 0 aliphatic carbocycles. The maximum atomic E-state index is 3.34. The standard InChI is InChI=1S/C19H25N/c1-14-9-15(2)11-17(10-14)12-18(13-20-4)19-8-6-5-7-16(19)3/h5-11,18,20H,12-13H2,1-4H3. The van der Waals surface area contributed by atoms with Crippen molar-refractivity contribution in [3.05, 3.63) is 70.3 Å². The number of rotatable bonds is 5. The first-order valence-electron chi connectivity index (χ1n) is 7.37. The molecule has 1 heteroatoms. The van der Waals surface area contributed by atoms with Crippen LogP contribution in [0.25, 0.3) is 0 Å². The van der Waals surface area contributed by atoms with Crippen LogP contribution in [-0.2, 0) is 6.42 Å². The Bertz CT molecular complexity index is 551. The lowest BCUT2D eigenvalue weighted by atomic mass is 9.88. The molecule has 2 rings (SSSR count). The van der Waals surface area contributed by atoms with Gasteiger partial charge in [-0.1, -0.05) is 53.6 Å². The van der Waals surface area contributed by atoms with Crippen molar-refractivity contribution in [3.63, 3.8) is 0 Å². The SMILES string of the molecule is CNCC(Cc1cc(C)cc(C)c1)c1ccccc1C. The maximum absolute atomic E-state index is 3.34. The van der Waals surface area contributed by atoms with Crippen LogP contribution in [0, 0.1) is 20.8 Å². The van der Waals surface area contributed by atoms with E-state index in [4.69, 9.17) is 0 Å². The van der Waals surface area contributed by atoms with Gasteiger partial charge >= 0.3 is 0 Å². The molecule has 20 heavy (non-hydrogen) atoms. The second-order valence-electron chi connectivity index (χ2n) is 5.81. The van der Waals surface area contributed by atoms with Gasteiger partial charge in [0, 0.05) is 12.5 Å². The van der Waals surface area contributed by atoms with Crippen molar-refractivity contribution in [2.24, 2.45) is 0 Å². The summed E-state index contributed by atoms with van der Waals surface area (Å²) in [6.07, 6.45) is 1.09. The van der Waals surface area contributed by atoms with Crippen molar-refractivity contribution in [2.75, 3.05) is 13.6 Å². The van der Waals surface area contributed by atoms with Crippen molar-refractivity contribution in [2.45, 2.75) is 33.1 Å². The van der Waals surface area contributed by atoms with Crippen LogP contribution in [0.1, 0.15) is 33.7 Å². The number of hydrogen-bond acceptors (Lipinski definition) is 1. The summed E-state index contributed by atoms with van der Waals surface area (Å²) in [5.41, 5.74) is 6.99. The van der Waals surface area contributed by atoms with E-state index < -0.39 is 0 Å². The highest BCUT2D eigenvalue weighted by Crippen LogP contribution is 2.24. The van der Waals surface area contributed by atoms with Gasteiger partial charge in [-0.05, 0) is 50.9 Å². The molecule has 0 spiro atoms. The molecule has 0 radical (unpaired) electrons. The number of aryl methyl sites for hydroxylation is 3. The molecular formula is C19H25N. The normalized spacial score (nSPS) is 12.4. The molecular weight excluding hydrogens is 242 g/mol. The Morgan fingerprint density at radius 1 is 0.950 bits per heavy atom. The minimum absolute atomic E-state index is 0.530. The Balaban J connectivity index is 2.28. The number of nitrogens with one attached hydrogen (secondary N) is 1. The van der Waals surface area contributed by atoms with Crippen molar-refractivity contribution >= 4 is 0 Å². The van der Waals surface area contributed by atoms with Crippen LogP contribution in [0.5, 0.6) is 0 Å². The van der Waals surface area contributed by atoms with Gasteiger partial charge in [0.05, 0.1) is 0 Å². The molecule has 1 nitrogen and oxygen atoms in total. The number of hydrogen-bond donors (Lipinski definition) is 1. The lowest BCUT2D eigenvalue weighted by Gasteiger charge is -2.20. The predicted octanol–water partition coefficient (Wildman–Crippen LogP) is 4.16. The molecule has 2 aromatic carbocycles. The van der Waals surface area contributed by atoms with Crippen molar-refractivity contribution in [1.82, 2.24) is 5.32 Å². The van der Waals surface area contributed by atoms with Crippen molar-refractivity contribution < 1.29 is 0 Å². The Kier molecular flexibility index (Phi) is 4.97. The zero-order valence-electron chi connectivity index (χ0n) is 13.0. The second kappa shape index (κ2) is 6.71. The van der Waals surface area contributed by atoms with E-state index in [0.717, 1.165) is 13.0 Å². The summed E-state index contributed by atoms with van der Waals surface area (Å²) in [5.74, 6) is 0.530. The van der Waals surface area contributed by atoms with Crippen LogP contribution in [0.3, 0.4) is 0 Å². The van der Waals surface area contributed by atoms with Crippen LogP contribution in [0.4, 0.5) is 0 Å². The van der Waals surface area contributed by atoms with Gasteiger partial charge in [0.2, 0.25) is 0 Å². The third-order valence-corrected chi connectivity index (χ3v) is 3.84. The average Bonchev–Trinajstić information content (AvgIpc) is 2.37. The largest absolute Gasteiger partial charge is 0.319 e. The summed E-state index contributed by atoms with van der Waals surface area (Å²) in [6.45, 7) is 7.58. The fraction of sp³-hybridized carbons (Fsp3) is 0.368. The van der Waals surface area contributed by atoms with E-state index in [2.05, 4.69) is 68.6 Å². The molecule has 0 aliphatic heterocycles. The molecule has 2 aromatic rings. The summed E-state index contributed by atoms with van der Waals surface area (Å²) in [7, 11) is 2.03. The van der Waals surface area contributed by atoms with E-state index in [0.29, 0.717) is 5.92 Å². The van der Waals surface area contributed by atoms with Gasteiger partial charge in [-0.25, -0.2) is 0 Å². The summed E-state index contributed by atoms with van der Waals surface area (Å²) in [5, 5.41) is 3.34. The van der Waals surface area contributed by atoms with E-state index in [1.165, 1.54) is 27.8 Å². The molecule has 0 aliphatic rings. The summed E-state index contributed by atoms with van der Waals surface area (Å²) in [6, 6.07) is 15.6. The quantitative estimate of drug-likeness (QED) is 0.858. The van der Waals surface area contributed by atoms with E-state index >= 15 is 0 Å². The highest BCUT2D eigenvalue weighted by molar-refractivity contribution is 5.34. The van der Waals surface area contributed by atoms with E-state index in [1.54, 1.807) is 0 Å². The minimum Gasteiger partial charge on any atom is -0.319 e. The van der Waals surface area contributed by atoms with Gasteiger partial charge in [0.1, 0.15) is 0 Å². The van der Waals surface area contributed by atoms with Crippen molar-refractivity contribution in [1.29, 1.82) is 0 Å². The number of benzene rings is 2. The third-order valence-electron chi connectivity index (χ3n) is 3.84. The van der Waals surface area contributed by atoms with Crippen LogP contribution < -0.4 is 5.32 Å². The summed E-state index contributed by atoms with van der Waals surface area (Å²) in [4.78, 5) is 0. The van der Waals surface area contributed by atoms with Crippen LogP contribution in [0.2, 0.25) is 0 Å². The molecule has 0 saturated carbocycles. The molecule has 1 atom stereocenters. The molecule has 1 unspecified atom stereocenters. The number of likely N-dealkylation sites (N-methyl/N-ethyl adjacent to an activating group) is 1. The van der Waals surface area contributed by atoms with E-state index in [-0.39, 0.29) is 0 Å². The molecule has 0 bridgehead atoms. The van der Waals surface area contributed by atoms with Crippen LogP contribution in [-0.4, -0.2) is 13.6 Å². The first-order valence-corrected chi connectivity index (χ1v) is 7.37. The second-order valence-corrected chi connectivity index (χ2v) is 5.81. The van der Waals surface area contributed by atoms with E-state index in [9.17, 15) is 0 Å². The predicted molar refractivity (Wildman–Crippen MR) is 87.5 cm³/mol. The third kappa shape index (κ3) is 3.71. The summed E-state index contributed by atoms with van der Waals surface area (Å²) < 4.78 is 0. The molecule has 0 heterocycles. The minimum atomic E-state index is 0.530. The molecule has 0 fully saturated rings. The Morgan fingerprint density at radius 3 is 2.20 bits per heavy atom. The first kappa shape index (κ1) is 14.8. The zero-order valence-corrected chi connectivity index (χ0v) is 13.0. The maximum Gasteiger partial charge on any atom is 0.00204 e. The fourth-order valence-electron chi connectivity index (χ4n) is 3.05. The van der Waals surface area contributed by atoms with E-state index in [1.807, 2.05) is 7.05 Å². The van der Waals surface area contributed by atoms with Crippen LogP contribution in [0.15, 0.2) is 42.5 Å². The topological polar surface area (TPSA) is 12.0 Å². The average molecular weight is 267 g/mol. The van der Waals surface area contributed by atoms with Gasteiger partial charge < -0.3 is 5.32 Å². The molecule has 106 valence electrons. The molecule has 0 amide bonds. The lowest BCUT2D eigenvalue weighted by molar-refractivity contribution is 0.622. The monoisotopic (exact) mass is 267 g/mol. The molecule has 1 N–H and O–H groups in total. The van der Waals surface area contributed by atoms with Crippen LogP contribution >= 0.6 is 0 Å². The fourth-order valence-corrected chi connectivity index (χ4v) is 3.05. The molecule has 0 aromatic heterocycles. The van der Waals surface area contributed by atoms with Gasteiger partial charge in [-0.15, -0.1) is 0 Å². The highest BCUT2D eigenvalue weighted by Gasteiger charge is 2.14. The Morgan fingerprint density at radius 2 is 1.60 bits per heavy atom. The first-order chi connectivity index (χ1) is 9.60. The highest BCUT2D eigenvalue weighted by atomic mass is 14.8. The molecule has 0 saturated heterocycles. The van der Waals surface area contributed by atoms with Gasteiger partial charge in [-0.3, -0.25) is 0 Å². The summed E-state index contributed by atoms with van der Waals surface area (Å²) >= 11 is 0. The van der Waals surface area contributed by atoms with Crippen molar-refractivity contribution in [3.8, 4) is 0 Å². The Labute approximate surface area is 123 Å². The smallest absolute Gasteiger partial charge is 0.00204 e.